The highest BCUT2D eigenvalue weighted by atomic mass is 79.9. The molecule has 0 N–H and O–H groups in total. The number of fused-ring (bicyclic) bond motifs is 1. The van der Waals surface area contributed by atoms with Crippen molar-refractivity contribution in [3.05, 3.63) is 51.7 Å². The maximum absolute atomic E-state index is 6.33. The third-order valence-electron chi connectivity index (χ3n) is 4.04. The summed E-state index contributed by atoms with van der Waals surface area (Å²) in [7, 11) is -0.693. The van der Waals surface area contributed by atoms with E-state index in [-0.39, 0.29) is 5.04 Å². The number of benzene rings is 1. The largest absolute Gasteiger partial charge is 0.413 e. The maximum Gasteiger partial charge on any atom is 0.168 e. The molecule has 7 heteroatoms. The van der Waals surface area contributed by atoms with E-state index in [2.05, 4.69) is 55.6 Å². The first-order valence-corrected chi connectivity index (χ1v) is 11.0. The van der Waals surface area contributed by atoms with E-state index in [1.54, 1.807) is 6.20 Å². The first kappa shape index (κ1) is 19.5. The van der Waals surface area contributed by atoms with Crippen molar-refractivity contribution in [2.24, 2.45) is 0 Å². The zero-order chi connectivity index (χ0) is 19.1. The van der Waals surface area contributed by atoms with Gasteiger partial charge in [0.25, 0.3) is 0 Å². The van der Waals surface area contributed by atoms with Gasteiger partial charge in [-0.1, -0.05) is 54.4 Å². The van der Waals surface area contributed by atoms with Crippen LogP contribution in [-0.2, 0) is 10.0 Å². The van der Waals surface area contributed by atoms with E-state index in [0.717, 1.165) is 26.9 Å². The maximum atomic E-state index is 6.33. The van der Waals surface area contributed by atoms with Crippen LogP contribution >= 0.6 is 27.5 Å². The summed E-state index contributed by atoms with van der Waals surface area (Å²) in [5.74, 6) is 0.751. The van der Waals surface area contributed by atoms with E-state index < -0.39 is 15.4 Å². The molecule has 0 radical (unpaired) electrons. The molecular weight excluding hydrogens is 430 g/mol. The average molecular weight is 453 g/mol. The van der Waals surface area contributed by atoms with Gasteiger partial charge in [0.05, 0.1) is 28.0 Å². The van der Waals surface area contributed by atoms with Crippen LogP contribution in [0.5, 0.6) is 0 Å². The van der Waals surface area contributed by atoms with E-state index in [0.29, 0.717) is 5.02 Å². The van der Waals surface area contributed by atoms with Crippen LogP contribution in [0.1, 0.15) is 40.3 Å². The molecule has 0 amide bonds. The van der Waals surface area contributed by atoms with Gasteiger partial charge in [0.1, 0.15) is 0 Å². The zero-order valence-corrected chi connectivity index (χ0v) is 19.4. The second-order valence-electron chi connectivity index (χ2n) is 8.12. The smallest absolute Gasteiger partial charge is 0.168 e. The molecule has 0 unspecified atom stereocenters. The third kappa shape index (κ3) is 4.19. The minimum absolute atomic E-state index is 0.232. The standard InChI is InChI=1S/C19H23BrClN3OSi/c1-18(2,3)26-25-19(4,5)16-7-6-8-17(23-16)24-15-10-12(20)9-14(21)13(15)11-22-24/h6-11H,26H2,1-5H3. The molecule has 1 aromatic carbocycles. The fraction of sp³-hybridized carbons (Fsp3) is 0.368. The first-order valence-electron chi connectivity index (χ1n) is 8.51. The van der Waals surface area contributed by atoms with Crippen LogP contribution in [0.15, 0.2) is 41.0 Å². The van der Waals surface area contributed by atoms with Crippen molar-refractivity contribution in [2.75, 3.05) is 0 Å². The molecule has 0 atom stereocenters. The number of aromatic nitrogens is 3. The number of pyridine rings is 1. The summed E-state index contributed by atoms with van der Waals surface area (Å²) in [5, 5.41) is 6.29. The highest BCUT2D eigenvalue weighted by molar-refractivity contribution is 9.10. The molecule has 26 heavy (non-hydrogen) atoms. The van der Waals surface area contributed by atoms with Crippen LogP contribution in [0.2, 0.25) is 10.1 Å². The van der Waals surface area contributed by atoms with Gasteiger partial charge in [-0.3, -0.25) is 0 Å². The molecule has 0 spiro atoms. The Kier molecular flexibility index (Phi) is 5.32. The second-order valence-corrected chi connectivity index (χ2v) is 12.1. The Bertz CT molecular complexity index is 950. The Morgan fingerprint density at radius 3 is 2.58 bits per heavy atom. The van der Waals surface area contributed by atoms with Crippen LogP contribution in [0.25, 0.3) is 16.7 Å². The Morgan fingerprint density at radius 2 is 1.88 bits per heavy atom. The van der Waals surface area contributed by atoms with E-state index in [9.17, 15) is 0 Å². The van der Waals surface area contributed by atoms with E-state index in [1.165, 1.54) is 0 Å². The molecule has 3 rings (SSSR count). The highest BCUT2D eigenvalue weighted by Gasteiger charge is 2.26. The van der Waals surface area contributed by atoms with E-state index >= 15 is 0 Å². The molecular formula is C19H23BrClN3OSi. The summed E-state index contributed by atoms with van der Waals surface area (Å²) < 4.78 is 9.02. The molecule has 0 fully saturated rings. The van der Waals surface area contributed by atoms with Gasteiger partial charge in [-0.2, -0.15) is 5.10 Å². The Labute approximate surface area is 170 Å². The molecule has 4 nitrogen and oxygen atoms in total. The number of halogens is 2. The minimum atomic E-state index is -0.693. The minimum Gasteiger partial charge on any atom is -0.413 e. The van der Waals surface area contributed by atoms with Crippen molar-refractivity contribution in [3.8, 4) is 5.82 Å². The Morgan fingerprint density at radius 1 is 1.15 bits per heavy atom. The molecule has 0 aliphatic carbocycles. The number of hydrogen-bond acceptors (Lipinski definition) is 3. The normalized spacial score (nSPS) is 13.2. The van der Waals surface area contributed by atoms with E-state index in [1.807, 2.05) is 35.0 Å². The number of hydrogen-bond donors (Lipinski definition) is 0. The van der Waals surface area contributed by atoms with Crippen molar-refractivity contribution in [3.63, 3.8) is 0 Å². The van der Waals surface area contributed by atoms with Gasteiger partial charge < -0.3 is 4.43 Å². The van der Waals surface area contributed by atoms with E-state index in [4.69, 9.17) is 21.0 Å². The van der Waals surface area contributed by atoms with Crippen LogP contribution < -0.4 is 0 Å². The van der Waals surface area contributed by atoms with Gasteiger partial charge in [0, 0.05) is 9.86 Å². The monoisotopic (exact) mass is 451 g/mol. The lowest BCUT2D eigenvalue weighted by Crippen LogP contribution is -2.28. The summed E-state index contributed by atoms with van der Waals surface area (Å²) in [5.41, 5.74) is 1.38. The topological polar surface area (TPSA) is 39.9 Å². The van der Waals surface area contributed by atoms with Gasteiger partial charge in [-0.15, -0.1) is 0 Å². The SMILES string of the molecule is CC(C)(C)[SiH2]OC(C)(C)c1cccc(-n2ncc3c(Cl)cc(Br)cc32)n1. The third-order valence-corrected chi connectivity index (χ3v) is 6.54. The summed E-state index contributed by atoms with van der Waals surface area (Å²) in [6.07, 6.45) is 1.77. The molecule has 0 saturated heterocycles. The molecule has 2 aromatic heterocycles. The molecule has 0 bridgehead atoms. The molecule has 3 aromatic rings. The fourth-order valence-corrected chi connectivity index (χ4v) is 4.36. The van der Waals surface area contributed by atoms with Crippen molar-refractivity contribution < 1.29 is 4.43 Å². The predicted octanol–water partition coefficient (Wildman–Crippen LogP) is 5.39. The molecule has 0 aliphatic rings. The van der Waals surface area contributed by atoms with Gasteiger partial charge in [-0.05, 0) is 43.2 Å². The predicted molar refractivity (Wildman–Crippen MR) is 114 cm³/mol. The van der Waals surface area contributed by atoms with Crippen LogP contribution in [0.4, 0.5) is 0 Å². The molecule has 0 aliphatic heterocycles. The fourth-order valence-electron chi connectivity index (χ4n) is 2.58. The summed E-state index contributed by atoms with van der Waals surface area (Å²) in [6.45, 7) is 10.8. The average Bonchev–Trinajstić information content (AvgIpc) is 2.97. The van der Waals surface area contributed by atoms with Crippen molar-refractivity contribution >= 4 is 48.2 Å². The lowest BCUT2D eigenvalue weighted by molar-refractivity contribution is 0.104. The van der Waals surface area contributed by atoms with Gasteiger partial charge in [-0.25, -0.2) is 9.67 Å². The van der Waals surface area contributed by atoms with Crippen LogP contribution in [-0.4, -0.2) is 24.5 Å². The van der Waals surface area contributed by atoms with Gasteiger partial charge >= 0.3 is 0 Å². The molecule has 138 valence electrons. The molecule has 0 saturated carbocycles. The summed E-state index contributed by atoms with van der Waals surface area (Å²) in [4.78, 5) is 4.84. The lowest BCUT2D eigenvalue weighted by Gasteiger charge is -2.29. The molecule has 2 heterocycles. The second kappa shape index (κ2) is 7.07. The number of nitrogens with zero attached hydrogens (tertiary/aromatic N) is 3. The quantitative estimate of drug-likeness (QED) is 0.498. The first-order chi connectivity index (χ1) is 12.1. The highest BCUT2D eigenvalue weighted by Crippen LogP contribution is 2.31. The van der Waals surface area contributed by atoms with Crippen LogP contribution in [0, 0.1) is 0 Å². The zero-order valence-electron chi connectivity index (χ0n) is 15.7. The van der Waals surface area contributed by atoms with Gasteiger partial charge in [0.2, 0.25) is 0 Å². The summed E-state index contributed by atoms with van der Waals surface area (Å²) >= 11 is 9.83. The van der Waals surface area contributed by atoms with Crippen LogP contribution in [0.3, 0.4) is 0 Å². The van der Waals surface area contributed by atoms with Crippen molar-refractivity contribution in [1.29, 1.82) is 0 Å². The Hall–Kier alpha value is -1.21. The van der Waals surface area contributed by atoms with Crippen molar-refractivity contribution in [2.45, 2.75) is 45.3 Å². The summed E-state index contributed by atoms with van der Waals surface area (Å²) in [6, 6.07) is 9.82. The number of rotatable bonds is 4. The lowest BCUT2D eigenvalue weighted by atomic mass is 10.1. The van der Waals surface area contributed by atoms with Gasteiger partial charge in [0.15, 0.2) is 15.6 Å². The Balaban J connectivity index is 2.00. The van der Waals surface area contributed by atoms with Crippen molar-refractivity contribution in [1.82, 2.24) is 14.8 Å².